The molecular weight excluding hydrogens is 184 g/mol. The van der Waals surface area contributed by atoms with Gasteiger partial charge in [-0.1, -0.05) is 6.92 Å². The number of amides is 1. The van der Waals surface area contributed by atoms with Crippen LogP contribution in [0.25, 0.3) is 0 Å². The van der Waals surface area contributed by atoms with Crippen molar-refractivity contribution in [2.24, 2.45) is 0 Å². The molecule has 0 saturated carbocycles. The van der Waals surface area contributed by atoms with Gasteiger partial charge in [0.1, 0.15) is 0 Å². The first-order chi connectivity index (χ1) is 6.33. The Morgan fingerprint density at radius 2 is 2.54 bits per heavy atom. The summed E-state index contributed by atoms with van der Waals surface area (Å²) >= 11 is 1.95. The maximum absolute atomic E-state index is 10.8. The van der Waals surface area contributed by atoms with Gasteiger partial charge in [-0.2, -0.15) is 11.8 Å². The van der Waals surface area contributed by atoms with Gasteiger partial charge >= 0.3 is 0 Å². The van der Waals surface area contributed by atoms with Gasteiger partial charge in [0, 0.05) is 31.3 Å². The number of hydrogen-bond acceptors (Lipinski definition) is 3. The molecule has 2 N–H and O–H groups in total. The predicted molar refractivity (Wildman–Crippen MR) is 57.0 cm³/mol. The lowest BCUT2D eigenvalue weighted by Crippen LogP contribution is -2.46. The average molecular weight is 202 g/mol. The predicted octanol–water partition coefficient (Wildman–Crippen LogP) is 0.608. The Morgan fingerprint density at radius 1 is 1.69 bits per heavy atom. The maximum atomic E-state index is 10.8. The van der Waals surface area contributed by atoms with Crippen LogP contribution < -0.4 is 10.6 Å². The summed E-state index contributed by atoms with van der Waals surface area (Å²) in [6.07, 6.45) is 1.67. The van der Waals surface area contributed by atoms with Gasteiger partial charge in [0.2, 0.25) is 5.91 Å². The van der Waals surface area contributed by atoms with Crippen molar-refractivity contribution in [2.45, 2.75) is 25.8 Å². The van der Waals surface area contributed by atoms with Crippen molar-refractivity contribution in [1.29, 1.82) is 0 Å². The van der Waals surface area contributed by atoms with E-state index in [1.807, 2.05) is 11.8 Å². The number of carbonyl (C=O) groups excluding carboxylic acids is 1. The van der Waals surface area contributed by atoms with Crippen LogP contribution in [0.15, 0.2) is 0 Å². The largest absolute Gasteiger partial charge is 0.355 e. The molecule has 1 amide bonds. The Morgan fingerprint density at radius 3 is 3.15 bits per heavy atom. The third-order valence-electron chi connectivity index (χ3n) is 2.15. The molecule has 0 aromatic heterocycles. The molecule has 1 aliphatic heterocycles. The molecule has 1 unspecified atom stereocenters. The summed E-state index contributed by atoms with van der Waals surface area (Å²) in [7, 11) is 0. The van der Waals surface area contributed by atoms with Gasteiger partial charge in [-0.25, -0.2) is 0 Å². The number of thioether (sulfide) groups is 1. The number of rotatable bonds is 5. The highest BCUT2D eigenvalue weighted by molar-refractivity contribution is 7.99. The summed E-state index contributed by atoms with van der Waals surface area (Å²) in [4.78, 5) is 10.8. The van der Waals surface area contributed by atoms with Crippen molar-refractivity contribution in [2.75, 3.05) is 24.6 Å². The van der Waals surface area contributed by atoms with E-state index in [2.05, 4.69) is 17.6 Å². The van der Waals surface area contributed by atoms with Crippen LogP contribution in [0.1, 0.15) is 19.8 Å². The average Bonchev–Trinajstić information content (AvgIpc) is 2.15. The van der Waals surface area contributed by atoms with Crippen LogP contribution in [0.2, 0.25) is 0 Å². The Bertz CT molecular complexity index is 154. The molecule has 3 nitrogen and oxygen atoms in total. The quantitative estimate of drug-likeness (QED) is 0.642. The summed E-state index contributed by atoms with van der Waals surface area (Å²) in [6.45, 7) is 4.03. The van der Waals surface area contributed by atoms with Crippen molar-refractivity contribution in [1.82, 2.24) is 10.6 Å². The van der Waals surface area contributed by atoms with Crippen LogP contribution >= 0.6 is 11.8 Å². The van der Waals surface area contributed by atoms with E-state index in [1.54, 1.807) is 0 Å². The van der Waals surface area contributed by atoms with Gasteiger partial charge in [0.15, 0.2) is 0 Å². The highest BCUT2D eigenvalue weighted by atomic mass is 32.2. The van der Waals surface area contributed by atoms with Gasteiger partial charge in [0.25, 0.3) is 0 Å². The fourth-order valence-electron chi connectivity index (χ4n) is 1.39. The summed E-state index contributed by atoms with van der Waals surface area (Å²) < 4.78 is 0. The van der Waals surface area contributed by atoms with E-state index >= 15 is 0 Å². The summed E-state index contributed by atoms with van der Waals surface area (Å²) in [6, 6.07) is 0.496. The van der Waals surface area contributed by atoms with Gasteiger partial charge < -0.3 is 10.6 Å². The second-order valence-electron chi connectivity index (χ2n) is 3.19. The molecule has 76 valence electrons. The van der Waals surface area contributed by atoms with Crippen LogP contribution in [-0.2, 0) is 4.79 Å². The van der Waals surface area contributed by atoms with Crippen molar-refractivity contribution < 1.29 is 4.79 Å². The molecule has 1 aliphatic rings. The highest BCUT2D eigenvalue weighted by Gasteiger charge is 2.16. The lowest BCUT2D eigenvalue weighted by molar-refractivity contribution is -0.122. The van der Waals surface area contributed by atoms with E-state index in [9.17, 15) is 4.79 Å². The molecule has 13 heavy (non-hydrogen) atoms. The number of hydrogen-bond donors (Lipinski definition) is 2. The molecule has 0 spiro atoms. The smallest absolute Gasteiger partial charge is 0.220 e. The molecule has 1 atom stereocenters. The van der Waals surface area contributed by atoms with Gasteiger partial charge in [-0.3, -0.25) is 4.79 Å². The Kier molecular flexibility index (Phi) is 5.23. The summed E-state index contributed by atoms with van der Waals surface area (Å²) in [5, 5.41) is 6.31. The number of nitrogens with one attached hydrogen (secondary N) is 2. The van der Waals surface area contributed by atoms with E-state index in [0.717, 1.165) is 19.5 Å². The molecular formula is C9H18N2OS. The normalized spacial score (nSPS) is 22.8. The molecule has 0 bridgehead atoms. The zero-order valence-electron chi connectivity index (χ0n) is 8.14. The first kappa shape index (κ1) is 10.9. The minimum absolute atomic E-state index is 0.195. The molecule has 0 aromatic rings. The van der Waals surface area contributed by atoms with Crippen LogP contribution in [0.5, 0.6) is 0 Å². The minimum Gasteiger partial charge on any atom is -0.355 e. The Labute approximate surface area is 84.0 Å². The van der Waals surface area contributed by atoms with Crippen LogP contribution in [0.4, 0.5) is 0 Å². The molecule has 1 heterocycles. The van der Waals surface area contributed by atoms with Gasteiger partial charge in [-0.15, -0.1) is 0 Å². The molecule has 0 aliphatic carbocycles. The molecule has 0 aromatic carbocycles. The molecule has 1 fully saturated rings. The van der Waals surface area contributed by atoms with E-state index in [-0.39, 0.29) is 5.91 Å². The fraction of sp³-hybridized carbons (Fsp3) is 0.889. The zero-order valence-corrected chi connectivity index (χ0v) is 8.95. The number of piperidine rings is 1. The van der Waals surface area contributed by atoms with E-state index in [0.29, 0.717) is 12.5 Å². The topological polar surface area (TPSA) is 41.1 Å². The zero-order chi connectivity index (χ0) is 9.52. The second-order valence-corrected chi connectivity index (χ2v) is 4.58. The number of carbonyl (C=O) groups is 1. The monoisotopic (exact) mass is 202 g/mol. The second kappa shape index (κ2) is 6.27. The van der Waals surface area contributed by atoms with Crippen molar-refractivity contribution >= 4 is 17.7 Å². The van der Waals surface area contributed by atoms with E-state index in [1.165, 1.54) is 11.5 Å². The third kappa shape index (κ3) is 4.52. The van der Waals surface area contributed by atoms with Gasteiger partial charge in [-0.05, 0) is 12.2 Å². The van der Waals surface area contributed by atoms with Crippen molar-refractivity contribution in [3.8, 4) is 0 Å². The first-order valence-electron chi connectivity index (χ1n) is 4.90. The first-order valence-corrected chi connectivity index (χ1v) is 6.06. The summed E-state index contributed by atoms with van der Waals surface area (Å²) in [5.41, 5.74) is 0. The van der Waals surface area contributed by atoms with Crippen molar-refractivity contribution in [3.05, 3.63) is 0 Å². The van der Waals surface area contributed by atoms with Crippen LogP contribution in [-0.4, -0.2) is 36.5 Å². The highest BCUT2D eigenvalue weighted by Crippen LogP contribution is 2.03. The summed E-state index contributed by atoms with van der Waals surface area (Å²) in [5.74, 6) is 2.55. The molecule has 0 radical (unpaired) electrons. The lowest BCUT2D eigenvalue weighted by atomic mass is 10.1. The van der Waals surface area contributed by atoms with E-state index in [4.69, 9.17) is 0 Å². The SMILES string of the molecule is CCSCCNC1CCC(=O)NC1. The molecule has 1 rings (SSSR count). The fourth-order valence-corrected chi connectivity index (χ4v) is 1.94. The van der Waals surface area contributed by atoms with Crippen LogP contribution in [0.3, 0.4) is 0 Å². The van der Waals surface area contributed by atoms with E-state index < -0.39 is 0 Å². The van der Waals surface area contributed by atoms with Crippen molar-refractivity contribution in [3.63, 3.8) is 0 Å². The lowest BCUT2D eigenvalue weighted by Gasteiger charge is -2.23. The Balaban J connectivity index is 1.99. The molecule has 1 saturated heterocycles. The third-order valence-corrected chi connectivity index (χ3v) is 3.05. The van der Waals surface area contributed by atoms with Gasteiger partial charge in [0.05, 0.1) is 0 Å². The molecule has 4 heteroatoms. The maximum Gasteiger partial charge on any atom is 0.220 e. The Hall–Kier alpha value is -0.220. The van der Waals surface area contributed by atoms with Crippen LogP contribution in [0, 0.1) is 0 Å². The standard InChI is InChI=1S/C9H18N2OS/c1-2-13-6-5-10-8-3-4-9(12)11-7-8/h8,10H,2-7H2,1H3,(H,11,12). The minimum atomic E-state index is 0.195.